The van der Waals surface area contributed by atoms with E-state index in [2.05, 4.69) is 10.6 Å². The molecule has 114 valence electrons. The van der Waals surface area contributed by atoms with E-state index in [0.717, 1.165) is 25.1 Å². The molecule has 21 heavy (non-hydrogen) atoms. The number of hydrogen-bond acceptors (Lipinski definition) is 4. The molecule has 0 aromatic heterocycles. The first kappa shape index (κ1) is 15.5. The summed E-state index contributed by atoms with van der Waals surface area (Å²) in [6.07, 6.45) is 0.863. The van der Waals surface area contributed by atoms with Crippen LogP contribution < -0.4 is 10.6 Å². The Kier molecular flexibility index (Phi) is 5.71. The van der Waals surface area contributed by atoms with E-state index >= 15 is 0 Å². The molecule has 0 spiro atoms. The van der Waals surface area contributed by atoms with Gasteiger partial charge in [0, 0.05) is 32.4 Å². The van der Waals surface area contributed by atoms with Crippen molar-refractivity contribution in [2.24, 2.45) is 0 Å². The van der Waals surface area contributed by atoms with Crippen LogP contribution in [0.25, 0.3) is 0 Å². The first-order valence-electron chi connectivity index (χ1n) is 7.09. The summed E-state index contributed by atoms with van der Waals surface area (Å²) >= 11 is 0. The van der Waals surface area contributed by atoms with Crippen molar-refractivity contribution < 1.29 is 14.3 Å². The van der Waals surface area contributed by atoms with Crippen molar-refractivity contribution in [3.8, 4) is 0 Å². The molecule has 0 aliphatic carbocycles. The minimum atomic E-state index is -0.591. The number of nitrogens with zero attached hydrogens (tertiary/aromatic N) is 1. The zero-order chi connectivity index (χ0) is 15.1. The Morgan fingerprint density at radius 3 is 3.00 bits per heavy atom. The Balaban J connectivity index is 1.96. The highest BCUT2D eigenvalue weighted by molar-refractivity contribution is 6.39. The maximum atomic E-state index is 12.1. The molecule has 0 unspecified atom stereocenters. The van der Waals surface area contributed by atoms with Crippen molar-refractivity contribution in [1.29, 1.82) is 0 Å². The number of anilines is 1. The van der Waals surface area contributed by atoms with E-state index in [9.17, 15) is 9.59 Å². The maximum absolute atomic E-state index is 12.1. The molecule has 0 saturated carbocycles. The average molecular weight is 291 g/mol. The fraction of sp³-hybridized carbons (Fsp3) is 0.467. The Morgan fingerprint density at radius 2 is 2.19 bits per heavy atom. The molecule has 2 N–H and O–H groups in total. The molecular weight excluding hydrogens is 270 g/mol. The molecule has 0 bridgehead atoms. The number of amides is 2. The zero-order valence-electron chi connectivity index (χ0n) is 12.2. The topological polar surface area (TPSA) is 70.7 Å². The van der Waals surface area contributed by atoms with Gasteiger partial charge in [0.05, 0.1) is 6.61 Å². The number of ether oxygens (including phenoxy) is 1. The fourth-order valence-electron chi connectivity index (χ4n) is 2.28. The monoisotopic (exact) mass is 291 g/mol. The molecule has 6 heteroatoms. The molecule has 0 atom stereocenters. The zero-order valence-corrected chi connectivity index (χ0v) is 12.2. The van der Waals surface area contributed by atoms with Gasteiger partial charge in [-0.05, 0) is 30.7 Å². The molecule has 0 radical (unpaired) electrons. The number of rotatable bonds is 3. The summed E-state index contributed by atoms with van der Waals surface area (Å²) in [5.41, 5.74) is 1.55. The second-order valence-corrected chi connectivity index (χ2v) is 4.98. The summed E-state index contributed by atoms with van der Waals surface area (Å²) in [6, 6.07) is 7.29. The lowest BCUT2D eigenvalue weighted by Crippen LogP contribution is -2.41. The summed E-state index contributed by atoms with van der Waals surface area (Å²) in [5, 5.41) is 5.85. The fourth-order valence-corrected chi connectivity index (χ4v) is 2.28. The van der Waals surface area contributed by atoms with E-state index < -0.39 is 11.8 Å². The van der Waals surface area contributed by atoms with Gasteiger partial charge in [-0.2, -0.15) is 0 Å². The molecule has 1 fully saturated rings. The highest BCUT2D eigenvalue weighted by Gasteiger charge is 2.22. The van der Waals surface area contributed by atoms with Gasteiger partial charge >= 0.3 is 11.8 Å². The molecule has 2 amide bonds. The smallest absolute Gasteiger partial charge is 0.313 e. The summed E-state index contributed by atoms with van der Waals surface area (Å²) in [6.45, 7) is 3.25. The van der Waals surface area contributed by atoms with Crippen LogP contribution in [0.5, 0.6) is 0 Å². The lowest BCUT2D eigenvalue weighted by atomic mass is 10.2. The van der Waals surface area contributed by atoms with Gasteiger partial charge in [-0.3, -0.25) is 9.59 Å². The highest BCUT2D eigenvalue weighted by Crippen LogP contribution is 2.11. The van der Waals surface area contributed by atoms with Gasteiger partial charge in [0.15, 0.2) is 0 Å². The first-order chi connectivity index (χ1) is 10.2. The van der Waals surface area contributed by atoms with Gasteiger partial charge in [-0.1, -0.05) is 12.1 Å². The number of hydrogen-bond donors (Lipinski definition) is 2. The maximum Gasteiger partial charge on any atom is 0.313 e. The molecular formula is C15H21N3O3. The quantitative estimate of drug-likeness (QED) is 0.800. The average Bonchev–Trinajstić information content (AvgIpc) is 2.76. The Morgan fingerprint density at radius 1 is 1.33 bits per heavy atom. The van der Waals surface area contributed by atoms with Gasteiger partial charge < -0.3 is 20.3 Å². The molecule has 1 aliphatic heterocycles. The molecule has 1 heterocycles. The van der Waals surface area contributed by atoms with Gasteiger partial charge in [-0.15, -0.1) is 0 Å². The summed E-state index contributed by atoms with van der Waals surface area (Å²) in [5.74, 6) is -1.07. The number of carbonyl (C=O) groups excluding carboxylic acids is 2. The largest absolute Gasteiger partial charge is 0.380 e. The van der Waals surface area contributed by atoms with Crippen LogP contribution in [0.2, 0.25) is 0 Å². The number of methoxy groups -OCH3 is 1. The van der Waals surface area contributed by atoms with Crippen molar-refractivity contribution in [2.45, 2.75) is 13.0 Å². The van der Waals surface area contributed by atoms with Crippen molar-refractivity contribution in [3.63, 3.8) is 0 Å². The summed E-state index contributed by atoms with van der Waals surface area (Å²) < 4.78 is 5.05. The van der Waals surface area contributed by atoms with Crippen LogP contribution >= 0.6 is 0 Å². The third-order valence-corrected chi connectivity index (χ3v) is 3.32. The van der Waals surface area contributed by atoms with E-state index in [0.29, 0.717) is 25.4 Å². The van der Waals surface area contributed by atoms with Crippen LogP contribution in [-0.4, -0.2) is 50.0 Å². The van der Waals surface area contributed by atoms with Crippen molar-refractivity contribution in [3.05, 3.63) is 29.8 Å². The molecule has 2 rings (SSSR count). The second-order valence-electron chi connectivity index (χ2n) is 4.98. The standard InChI is InChI=1S/C15H21N3O3/c1-21-11-12-4-2-5-13(10-12)17-14(19)15(20)18-8-3-6-16-7-9-18/h2,4-5,10,16H,3,6-9,11H2,1H3,(H,17,19). The first-order valence-corrected chi connectivity index (χ1v) is 7.09. The highest BCUT2D eigenvalue weighted by atomic mass is 16.5. The van der Waals surface area contributed by atoms with Gasteiger partial charge in [0.1, 0.15) is 0 Å². The number of nitrogens with one attached hydrogen (secondary N) is 2. The summed E-state index contributed by atoms with van der Waals surface area (Å²) in [4.78, 5) is 25.8. The van der Waals surface area contributed by atoms with Crippen molar-refractivity contribution in [2.75, 3.05) is 38.6 Å². The molecule has 1 aromatic rings. The molecule has 1 aromatic carbocycles. The lowest BCUT2D eigenvalue weighted by Gasteiger charge is -2.19. The minimum absolute atomic E-state index is 0.468. The number of carbonyl (C=O) groups is 2. The van der Waals surface area contributed by atoms with Crippen LogP contribution in [-0.2, 0) is 20.9 Å². The third-order valence-electron chi connectivity index (χ3n) is 3.32. The molecule has 1 aliphatic rings. The van der Waals surface area contributed by atoms with Gasteiger partial charge in [0.2, 0.25) is 0 Å². The van der Waals surface area contributed by atoms with E-state index in [-0.39, 0.29) is 0 Å². The van der Waals surface area contributed by atoms with Crippen molar-refractivity contribution >= 4 is 17.5 Å². The van der Waals surface area contributed by atoms with E-state index in [1.807, 2.05) is 12.1 Å². The second kappa shape index (κ2) is 7.75. The number of benzene rings is 1. The third kappa shape index (κ3) is 4.54. The van der Waals surface area contributed by atoms with Crippen LogP contribution in [0, 0.1) is 0 Å². The summed E-state index contributed by atoms with van der Waals surface area (Å²) in [7, 11) is 1.61. The van der Waals surface area contributed by atoms with Gasteiger partial charge in [0.25, 0.3) is 0 Å². The Labute approximate surface area is 124 Å². The molecule has 6 nitrogen and oxygen atoms in total. The minimum Gasteiger partial charge on any atom is -0.380 e. The Bertz CT molecular complexity index is 497. The van der Waals surface area contributed by atoms with Crippen molar-refractivity contribution in [1.82, 2.24) is 10.2 Å². The Hall–Kier alpha value is -1.92. The predicted molar refractivity (Wildman–Crippen MR) is 79.9 cm³/mol. The van der Waals surface area contributed by atoms with Gasteiger partial charge in [-0.25, -0.2) is 0 Å². The van der Waals surface area contributed by atoms with Crippen LogP contribution in [0.15, 0.2) is 24.3 Å². The van der Waals surface area contributed by atoms with E-state index in [1.54, 1.807) is 24.1 Å². The lowest BCUT2D eigenvalue weighted by molar-refractivity contribution is -0.143. The SMILES string of the molecule is COCc1cccc(NC(=O)C(=O)N2CCCNCC2)c1. The van der Waals surface area contributed by atoms with Crippen LogP contribution in [0.3, 0.4) is 0 Å². The van der Waals surface area contributed by atoms with Crippen LogP contribution in [0.1, 0.15) is 12.0 Å². The molecule has 1 saturated heterocycles. The predicted octanol–water partition coefficient (Wildman–Crippen LogP) is 0.593. The van der Waals surface area contributed by atoms with Crippen LogP contribution in [0.4, 0.5) is 5.69 Å². The van der Waals surface area contributed by atoms with E-state index in [4.69, 9.17) is 4.74 Å². The normalized spacial score (nSPS) is 15.4. The van der Waals surface area contributed by atoms with E-state index in [1.165, 1.54) is 0 Å².